The molecule has 0 atom stereocenters. The maximum Gasteiger partial charge on any atom is 0.353 e. The molecule has 0 unspecified atom stereocenters. The lowest BCUT2D eigenvalue weighted by molar-refractivity contribution is 0.0687. The molecule has 28 heavy (non-hydrogen) atoms. The number of aryl methyl sites for hydroxylation is 1. The molecule has 0 aliphatic rings. The average Bonchev–Trinajstić information content (AvgIpc) is 2.69. The van der Waals surface area contributed by atoms with Crippen molar-refractivity contribution in [2.45, 2.75) is 13.3 Å². The lowest BCUT2D eigenvalue weighted by Crippen LogP contribution is -2.21. The highest BCUT2D eigenvalue weighted by molar-refractivity contribution is 6.00. The third-order valence-corrected chi connectivity index (χ3v) is 4.49. The number of carboxylic acids is 1. The van der Waals surface area contributed by atoms with E-state index >= 15 is 0 Å². The number of carbonyl (C=O) groups is 1. The van der Waals surface area contributed by atoms with E-state index in [4.69, 9.17) is 9.47 Å². The van der Waals surface area contributed by atoms with Crippen molar-refractivity contribution in [3.8, 4) is 22.6 Å². The number of hydrogen-bond acceptors (Lipinski definition) is 4. The van der Waals surface area contributed by atoms with Crippen LogP contribution in [-0.2, 0) is 7.05 Å². The minimum atomic E-state index is -1.29. The Balaban J connectivity index is 2.43. The van der Waals surface area contributed by atoms with Gasteiger partial charge in [0.1, 0.15) is 23.0 Å². The van der Waals surface area contributed by atoms with Crippen molar-refractivity contribution in [2.24, 2.45) is 7.05 Å². The van der Waals surface area contributed by atoms with E-state index in [0.29, 0.717) is 24.3 Å². The molecule has 1 heterocycles. The molecule has 3 rings (SSSR count). The molecule has 0 amide bonds. The van der Waals surface area contributed by atoms with Crippen molar-refractivity contribution >= 4 is 16.9 Å². The molecule has 0 aliphatic carbocycles. The fourth-order valence-corrected chi connectivity index (χ4v) is 3.21. The molecular weight excluding hydrogens is 365 g/mol. The summed E-state index contributed by atoms with van der Waals surface area (Å²) in [6.07, 6.45) is 0.711. The molecule has 1 aromatic heterocycles. The molecule has 0 aliphatic heterocycles. The lowest BCUT2D eigenvalue weighted by atomic mass is 9.99. The van der Waals surface area contributed by atoms with Crippen LogP contribution in [0.4, 0.5) is 4.39 Å². The SMILES string of the molecule is CCCOc1ccc(F)c2c(=O)c(-c3ccc(OC)cc3)c(C(=O)O)n(C)c12. The van der Waals surface area contributed by atoms with Gasteiger partial charge in [0, 0.05) is 7.05 Å². The fraction of sp³-hybridized carbons (Fsp3) is 0.238. The number of fused-ring (bicyclic) bond motifs is 1. The largest absolute Gasteiger partial charge is 0.497 e. The maximum absolute atomic E-state index is 14.6. The maximum atomic E-state index is 14.6. The van der Waals surface area contributed by atoms with Gasteiger partial charge in [0.25, 0.3) is 0 Å². The summed E-state index contributed by atoms with van der Waals surface area (Å²) in [6.45, 7) is 2.27. The van der Waals surface area contributed by atoms with Crippen molar-refractivity contribution in [1.29, 1.82) is 0 Å². The van der Waals surface area contributed by atoms with E-state index in [1.807, 2.05) is 6.92 Å². The molecule has 7 heteroatoms. The van der Waals surface area contributed by atoms with E-state index in [9.17, 15) is 19.1 Å². The van der Waals surface area contributed by atoms with Gasteiger partial charge >= 0.3 is 5.97 Å². The van der Waals surface area contributed by atoms with Gasteiger partial charge in [0.15, 0.2) is 0 Å². The van der Waals surface area contributed by atoms with Gasteiger partial charge < -0.3 is 19.1 Å². The molecule has 0 saturated carbocycles. The van der Waals surface area contributed by atoms with Crippen LogP contribution >= 0.6 is 0 Å². The normalized spacial score (nSPS) is 10.9. The highest BCUT2D eigenvalue weighted by Gasteiger charge is 2.25. The predicted molar refractivity (Wildman–Crippen MR) is 104 cm³/mol. The van der Waals surface area contributed by atoms with Gasteiger partial charge in [-0.15, -0.1) is 0 Å². The van der Waals surface area contributed by atoms with Crippen molar-refractivity contribution < 1.29 is 23.8 Å². The number of carboxylic acid groups (broad SMARTS) is 1. The molecule has 2 aromatic carbocycles. The number of aromatic nitrogens is 1. The first-order valence-electron chi connectivity index (χ1n) is 8.76. The Morgan fingerprint density at radius 3 is 2.43 bits per heavy atom. The van der Waals surface area contributed by atoms with Gasteiger partial charge in [0.2, 0.25) is 5.43 Å². The van der Waals surface area contributed by atoms with Crippen molar-refractivity contribution in [2.75, 3.05) is 13.7 Å². The van der Waals surface area contributed by atoms with Crippen LogP contribution in [0.15, 0.2) is 41.2 Å². The second kappa shape index (κ2) is 7.72. The second-order valence-corrected chi connectivity index (χ2v) is 6.26. The van der Waals surface area contributed by atoms with Gasteiger partial charge in [0.05, 0.1) is 30.2 Å². The van der Waals surface area contributed by atoms with E-state index < -0.39 is 17.2 Å². The third kappa shape index (κ3) is 3.19. The standard InChI is InChI=1S/C21H20FNO5/c1-4-11-28-15-10-9-14(22)17-18(15)23(2)19(21(25)26)16(20(17)24)12-5-7-13(27-3)8-6-12/h5-10H,4,11H2,1-3H3,(H,25,26). The minimum Gasteiger partial charge on any atom is -0.497 e. The Morgan fingerprint density at radius 1 is 1.18 bits per heavy atom. The summed E-state index contributed by atoms with van der Waals surface area (Å²) < 4.78 is 26.7. The molecule has 0 saturated heterocycles. The van der Waals surface area contributed by atoms with E-state index in [-0.39, 0.29) is 27.9 Å². The van der Waals surface area contributed by atoms with Gasteiger partial charge in [-0.2, -0.15) is 0 Å². The highest BCUT2D eigenvalue weighted by atomic mass is 19.1. The molecule has 6 nitrogen and oxygen atoms in total. The van der Waals surface area contributed by atoms with Crippen LogP contribution in [0.2, 0.25) is 0 Å². The van der Waals surface area contributed by atoms with Gasteiger partial charge in [-0.25, -0.2) is 9.18 Å². The lowest BCUT2D eigenvalue weighted by Gasteiger charge is -2.18. The topological polar surface area (TPSA) is 77.8 Å². The summed E-state index contributed by atoms with van der Waals surface area (Å²) in [7, 11) is 2.98. The monoisotopic (exact) mass is 385 g/mol. The Hall–Kier alpha value is -3.35. The summed E-state index contributed by atoms with van der Waals surface area (Å²) >= 11 is 0. The average molecular weight is 385 g/mol. The Labute approximate surface area is 160 Å². The van der Waals surface area contributed by atoms with Crippen LogP contribution in [0.25, 0.3) is 22.0 Å². The van der Waals surface area contributed by atoms with Crippen LogP contribution in [0.5, 0.6) is 11.5 Å². The van der Waals surface area contributed by atoms with E-state index in [1.54, 1.807) is 24.3 Å². The summed E-state index contributed by atoms with van der Waals surface area (Å²) in [6, 6.07) is 8.94. The molecular formula is C21H20FNO5. The Morgan fingerprint density at radius 2 is 1.86 bits per heavy atom. The third-order valence-electron chi connectivity index (χ3n) is 4.49. The van der Waals surface area contributed by atoms with E-state index in [1.165, 1.54) is 24.8 Å². The molecule has 0 bridgehead atoms. The zero-order chi connectivity index (χ0) is 20.4. The second-order valence-electron chi connectivity index (χ2n) is 6.26. The van der Waals surface area contributed by atoms with E-state index in [0.717, 1.165) is 6.07 Å². The van der Waals surface area contributed by atoms with Crippen molar-refractivity contribution in [3.05, 3.63) is 58.1 Å². The van der Waals surface area contributed by atoms with Crippen molar-refractivity contribution in [3.63, 3.8) is 0 Å². The van der Waals surface area contributed by atoms with Crippen LogP contribution in [-0.4, -0.2) is 29.4 Å². The van der Waals surface area contributed by atoms with Gasteiger partial charge in [-0.1, -0.05) is 19.1 Å². The quantitative estimate of drug-likeness (QED) is 0.698. The first kappa shape index (κ1) is 19.4. The van der Waals surface area contributed by atoms with Gasteiger partial charge in [-0.05, 0) is 36.2 Å². The number of ether oxygens (including phenoxy) is 2. The number of benzene rings is 2. The number of methoxy groups -OCH3 is 1. The number of aromatic carboxylic acids is 1. The molecule has 0 spiro atoms. The first-order chi connectivity index (χ1) is 13.4. The molecule has 1 N–H and O–H groups in total. The number of nitrogens with zero attached hydrogens (tertiary/aromatic N) is 1. The summed E-state index contributed by atoms with van der Waals surface area (Å²) in [5.41, 5.74) is -0.547. The number of rotatable bonds is 6. The summed E-state index contributed by atoms with van der Waals surface area (Å²) in [5, 5.41) is 9.61. The Bertz CT molecular complexity index is 1100. The highest BCUT2D eigenvalue weighted by Crippen LogP contribution is 2.31. The zero-order valence-corrected chi connectivity index (χ0v) is 15.8. The predicted octanol–water partition coefficient (Wildman–Crippen LogP) is 3.84. The molecule has 146 valence electrons. The molecule has 0 radical (unpaired) electrons. The molecule has 0 fully saturated rings. The van der Waals surface area contributed by atoms with E-state index in [2.05, 4.69) is 0 Å². The van der Waals surface area contributed by atoms with Gasteiger partial charge in [-0.3, -0.25) is 4.79 Å². The van der Waals surface area contributed by atoms with Crippen LogP contribution < -0.4 is 14.9 Å². The summed E-state index contributed by atoms with van der Waals surface area (Å²) in [4.78, 5) is 25.2. The zero-order valence-electron chi connectivity index (χ0n) is 15.8. The smallest absolute Gasteiger partial charge is 0.353 e. The first-order valence-corrected chi connectivity index (χ1v) is 8.76. The minimum absolute atomic E-state index is 0.0864. The fourth-order valence-electron chi connectivity index (χ4n) is 3.21. The number of pyridine rings is 1. The van der Waals surface area contributed by atoms with Crippen LogP contribution in [0.3, 0.4) is 0 Å². The number of halogens is 1. The molecule has 3 aromatic rings. The van der Waals surface area contributed by atoms with Crippen LogP contribution in [0, 0.1) is 5.82 Å². The Kier molecular flexibility index (Phi) is 5.35. The number of hydrogen-bond donors (Lipinski definition) is 1. The van der Waals surface area contributed by atoms with Crippen molar-refractivity contribution in [1.82, 2.24) is 4.57 Å². The summed E-state index contributed by atoms with van der Waals surface area (Å²) in [5.74, 6) is -1.20. The van der Waals surface area contributed by atoms with Crippen LogP contribution in [0.1, 0.15) is 23.8 Å².